The first-order valence-corrected chi connectivity index (χ1v) is 11.1. The molecule has 2 aliphatic rings. The van der Waals surface area contributed by atoms with Gasteiger partial charge >= 0.3 is 5.97 Å². The molecule has 0 bridgehead atoms. The summed E-state index contributed by atoms with van der Waals surface area (Å²) < 4.78 is 19.3. The Balaban J connectivity index is 1.78. The van der Waals surface area contributed by atoms with Crippen LogP contribution in [0.3, 0.4) is 0 Å². The van der Waals surface area contributed by atoms with Gasteiger partial charge in [0.05, 0.1) is 11.7 Å². The molecule has 0 spiro atoms. The molecule has 32 heavy (non-hydrogen) atoms. The van der Waals surface area contributed by atoms with Crippen molar-refractivity contribution in [1.82, 2.24) is 5.32 Å². The van der Waals surface area contributed by atoms with Crippen molar-refractivity contribution in [3.63, 3.8) is 0 Å². The van der Waals surface area contributed by atoms with Crippen molar-refractivity contribution >= 4 is 11.8 Å². The summed E-state index contributed by atoms with van der Waals surface area (Å²) in [5, 5.41) is 3.35. The van der Waals surface area contributed by atoms with Crippen molar-refractivity contribution in [2.24, 2.45) is 0 Å². The van der Waals surface area contributed by atoms with Crippen LogP contribution >= 0.6 is 0 Å². The number of hydrogen-bond acceptors (Lipinski definition) is 4. The number of carbonyl (C=O) groups excluding carboxylic acids is 2. The van der Waals surface area contributed by atoms with E-state index in [1.54, 1.807) is 12.1 Å². The first-order chi connectivity index (χ1) is 15.4. The third kappa shape index (κ3) is 4.24. The van der Waals surface area contributed by atoms with Crippen molar-refractivity contribution in [2.45, 2.75) is 58.0 Å². The van der Waals surface area contributed by atoms with Gasteiger partial charge in [-0.05, 0) is 55.9 Å². The standard InChI is InChI=1S/C27H28FNO3/c1-4-16(2)32-27(31)24-17(3)29-22-14-20(18-8-6-5-7-9-18)15-23(30)26(22)25(24)19-10-12-21(28)13-11-19/h5-13,16,20,25,29H,4,14-15H2,1-3H3. The normalized spacial score (nSPS) is 21.7. The third-order valence-electron chi connectivity index (χ3n) is 6.40. The van der Waals surface area contributed by atoms with Crippen LogP contribution < -0.4 is 5.32 Å². The zero-order valence-electron chi connectivity index (χ0n) is 18.7. The topological polar surface area (TPSA) is 55.4 Å². The van der Waals surface area contributed by atoms with E-state index in [1.807, 2.05) is 51.1 Å². The average molecular weight is 434 g/mol. The highest BCUT2D eigenvalue weighted by molar-refractivity contribution is 6.04. The smallest absolute Gasteiger partial charge is 0.337 e. The van der Waals surface area contributed by atoms with E-state index in [9.17, 15) is 14.0 Å². The van der Waals surface area contributed by atoms with Crippen LogP contribution in [0.2, 0.25) is 0 Å². The second kappa shape index (κ2) is 9.11. The van der Waals surface area contributed by atoms with E-state index in [2.05, 4.69) is 5.32 Å². The number of benzene rings is 2. The maximum Gasteiger partial charge on any atom is 0.337 e. The van der Waals surface area contributed by atoms with E-state index in [-0.39, 0.29) is 23.6 Å². The SMILES string of the molecule is CCC(C)OC(=O)C1=C(C)NC2=C(C(=O)CC(c3ccccc3)C2)C1c1ccc(F)cc1. The Kier molecular flexibility index (Phi) is 6.26. The van der Waals surface area contributed by atoms with Crippen LogP contribution in [-0.4, -0.2) is 17.9 Å². The number of ether oxygens (including phenoxy) is 1. The molecule has 3 atom stereocenters. The van der Waals surface area contributed by atoms with Crippen LogP contribution in [0.15, 0.2) is 77.1 Å². The van der Waals surface area contributed by atoms with Gasteiger partial charge in [-0.25, -0.2) is 9.18 Å². The van der Waals surface area contributed by atoms with Gasteiger partial charge in [0.25, 0.3) is 0 Å². The zero-order valence-corrected chi connectivity index (χ0v) is 18.7. The highest BCUT2D eigenvalue weighted by Gasteiger charge is 2.41. The van der Waals surface area contributed by atoms with Crippen molar-refractivity contribution < 1.29 is 18.7 Å². The molecule has 0 amide bonds. The quantitative estimate of drug-likeness (QED) is 0.630. The van der Waals surface area contributed by atoms with Gasteiger partial charge in [-0.1, -0.05) is 49.4 Å². The molecule has 1 N–H and O–H groups in total. The van der Waals surface area contributed by atoms with Crippen molar-refractivity contribution in [3.8, 4) is 0 Å². The highest BCUT2D eigenvalue weighted by Crippen LogP contribution is 2.45. The summed E-state index contributed by atoms with van der Waals surface area (Å²) >= 11 is 0. The third-order valence-corrected chi connectivity index (χ3v) is 6.40. The lowest BCUT2D eigenvalue weighted by Crippen LogP contribution is -2.36. The fourth-order valence-corrected chi connectivity index (χ4v) is 4.59. The Morgan fingerprint density at radius 2 is 1.78 bits per heavy atom. The molecule has 0 saturated heterocycles. The maximum absolute atomic E-state index is 13.7. The van der Waals surface area contributed by atoms with E-state index >= 15 is 0 Å². The minimum Gasteiger partial charge on any atom is -0.459 e. The number of rotatable bonds is 5. The second-order valence-corrected chi connectivity index (χ2v) is 8.60. The molecule has 1 aliphatic carbocycles. The number of ketones is 1. The maximum atomic E-state index is 13.7. The van der Waals surface area contributed by atoms with Crippen molar-refractivity contribution in [3.05, 3.63) is 94.1 Å². The lowest BCUT2D eigenvalue weighted by Gasteiger charge is -2.37. The molecule has 1 aliphatic heterocycles. The highest BCUT2D eigenvalue weighted by atomic mass is 19.1. The number of esters is 1. The summed E-state index contributed by atoms with van der Waals surface area (Å²) in [5.74, 6) is -1.30. The van der Waals surface area contributed by atoms with Gasteiger partial charge < -0.3 is 10.1 Å². The Morgan fingerprint density at radius 3 is 2.44 bits per heavy atom. The van der Waals surface area contributed by atoms with Gasteiger partial charge in [-0.3, -0.25) is 4.79 Å². The average Bonchev–Trinajstić information content (AvgIpc) is 2.79. The van der Waals surface area contributed by atoms with Gasteiger partial charge in [0.2, 0.25) is 0 Å². The molecule has 2 aromatic carbocycles. The number of nitrogens with one attached hydrogen (secondary N) is 1. The summed E-state index contributed by atoms with van der Waals surface area (Å²) in [6, 6.07) is 16.0. The molecule has 0 fully saturated rings. The molecule has 0 saturated carbocycles. The molecule has 0 radical (unpaired) electrons. The van der Waals surface area contributed by atoms with Crippen LogP contribution in [-0.2, 0) is 14.3 Å². The van der Waals surface area contributed by atoms with E-state index in [0.717, 1.165) is 11.3 Å². The minimum absolute atomic E-state index is 0.00303. The summed E-state index contributed by atoms with van der Waals surface area (Å²) in [6.07, 6.45) is 1.50. The van der Waals surface area contributed by atoms with E-state index in [1.165, 1.54) is 12.1 Å². The first kappa shape index (κ1) is 22.0. The van der Waals surface area contributed by atoms with Crippen LogP contribution in [0, 0.1) is 5.82 Å². The summed E-state index contributed by atoms with van der Waals surface area (Å²) in [4.78, 5) is 26.6. The molecule has 1 heterocycles. The largest absolute Gasteiger partial charge is 0.459 e. The van der Waals surface area contributed by atoms with Gasteiger partial charge in [-0.15, -0.1) is 0 Å². The fourth-order valence-electron chi connectivity index (χ4n) is 4.59. The number of dihydropyridines is 1. The van der Waals surface area contributed by atoms with Crippen LogP contribution in [0.5, 0.6) is 0 Å². The Hall–Kier alpha value is -3.21. The Bertz CT molecular complexity index is 1090. The molecule has 4 rings (SSSR count). The van der Waals surface area contributed by atoms with E-state index in [4.69, 9.17) is 4.74 Å². The Labute approximate surface area is 188 Å². The Morgan fingerprint density at radius 1 is 1.09 bits per heavy atom. The van der Waals surface area contributed by atoms with Crippen LogP contribution in [0.1, 0.15) is 63.0 Å². The molecular weight excluding hydrogens is 405 g/mol. The lowest BCUT2D eigenvalue weighted by atomic mass is 9.72. The molecular formula is C27H28FNO3. The van der Waals surface area contributed by atoms with E-state index < -0.39 is 11.9 Å². The lowest BCUT2D eigenvalue weighted by molar-refractivity contribution is -0.144. The molecule has 4 nitrogen and oxygen atoms in total. The number of carbonyl (C=O) groups is 2. The number of halogens is 1. The summed E-state index contributed by atoms with van der Waals surface area (Å²) in [7, 11) is 0. The first-order valence-electron chi connectivity index (χ1n) is 11.1. The summed E-state index contributed by atoms with van der Waals surface area (Å²) in [5.41, 5.74) is 4.35. The van der Waals surface area contributed by atoms with Crippen molar-refractivity contribution in [2.75, 3.05) is 0 Å². The van der Waals surface area contributed by atoms with E-state index in [0.29, 0.717) is 41.7 Å². The number of Topliss-reactive ketones (excluding diaryl/α,β-unsaturated/α-hetero) is 1. The predicted molar refractivity (Wildman–Crippen MR) is 121 cm³/mol. The van der Waals surface area contributed by atoms with Crippen LogP contribution in [0.4, 0.5) is 4.39 Å². The zero-order chi connectivity index (χ0) is 22.8. The second-order valence-electron chi connectivity index (χ2n) is 8.60. The monoisotopic (exact) mass is 433 g/mol. The van der Waals surface area contributed by atoms with Gasteiger partial charge in [0, 0.05) is 29.3 Å². The molecule has 0 aromatic heterocycles. The van der Waals surface area contributed by atoms with Crippen LogP contribution in [0.25, 0.3) is 0 Å². The molecule has 5 heteroatoms. The predicted octanol–water partition coefficient (Wildman–Crippen LogP) is 5.53. The number of allylic oxidation sites excluding steroid dienone is 3. The van der Waals surface area contributed by atoms with Gasteiger partial charge in [-0.2, -0.15) is 0 Å². The van der Waals surface area contributed by atoms with Crippen molar-refractivity contribution in [1.29, 1.82) is 0 Å². The number of hydrogen-bond donors (Lipinski definition) is 1. The molecule has 166 valence electrons. The summed E-state index contributed by atoms with van der Waals surface area (Å²) in [6.45, 7) is 5.63. The molecule has 3 unspecified atom stereocenters. The fraction of sp³-hybridized carbons (Fsp3) is 0.333. The van der Waals surface area contributed by atoms with Gasteiger partial charge in [0.15, 0.2) is 5.78 Å². The molecule has 2 aromatic rings. The van der Waals surface area contributed by atoms with Gasteiger partial charge in [0.1, 0.15) is 5.82 Å². The minimum atomic E-state index is -0.576.